The first-order valence-electron chi connectivity index (χ1n) is 11.1. The van der Waals surface area contributed by atoms with E-state index in [1.54, 1.807) is 18.3 Å². The Balaban J connectivity index is 0.000000398. The second-order valence-electron chi connectivity index (χ2n) is 8.09. The number of carbonyl (C=O) groups is 2. The topological polar surface area (TPSA) is 116 Å². The van der Waals surface area contributed by atoms with Crippen molar-refractivity contribution in [3.8, 4) is 0 Å². The predicted octanol–water partition coefficient (Wildman–Crippen LogP) is 4.17. The Labute approximate surface area is 201 Å². The van der Waals surface area contributed by atoms with E-state index in [0.717, 1.165) is 28.4 Å². The molecular weight excluding hydrogens is 450 g/mol. The predicted molar refractivity (Wildman–Crippen MR) is 135 cm³/mol. The number of nitrogens with one attached hydrogen (secondary N) is 3. The molecular formula is C24H27N7O2S. The number of hydrogen-bond acceptors (Lipinski definition) is 8. The Morgan fingerprint density at radius 2 is 2.03 bits per heavy atom. The van der Waals surface area contributed by atoms with Crippen molar-refractivity contribution in [2.75, 3.05) is 30.8 Å². The fourth-order valence-corrected chi connectivity index (χ4v) is 4.36. The molecule has 1 aliphatic rings. The number of carbonyl (C=O) groups excluding carboxylic acids is 2. The maximum atomic E-state index is 12.7. The summed E-state index contributed by atoms with van der Waals surface area (Å²) in [5, 5.41) is 14.3. The molecule has 0 saturated carbocycles. The maximum absolute atomic E-state index is 12.7. The van der Waals surface area contributed by atoms with Crippen LogP contribution in [0.2, 0.25) is 0 Å². The summed E-state index contributed by atoms with van der Waals surface area (Å²) in [6, 6.07) is 9.21. The van der Waals surface area contributed by atoms with Gasteiger partial charge < -0.3 is 20.3 Å². The summed E-state index contributed by atoms with van der Waals surface area (Å²) in [4.78, 5) is 34.7. The number of benzene rings is 1. The van der Waals surface area contributed by atoms with E-state index in [1.165, 1.54) is 43.5 Å². The molecule has 5 rings (SSSR count). The monoisotopic (exact) mass is 477 g/mol. The smallest absolute Gasteiger partial charge is 0.267 e. The van der Waals surface area contributed by atoms with Gasteiger partial charge in [-0.25, -0.2) is 9.97 Å². The van der Waals surface area contributed by atoms with Crippen LogP contribution in [0.5, 0.6) is 0 Å². The first-order valence-corrected chi connectivity index (χ1v) is 11.9. The van der Waals surface area contributed by atoms with Gasteiger partial charge in [-0.05, 0) is 63.7 Å². The molecule has 0 unspecified atom stereocenters. The van der Waals surface area contributed by atoms with Crippen molar-refractivity contribution in [3.05, 3.63) is 58.9 Å². The van der Waals surface area contributed by atoms with Gasteiger partial charge in [0.25, 0.3) is 5.91 Å². The molecule has 4 heterocycles. The van der Waals surface area contributed by atoms with Gasteiger partial charge in [0, 0.05) is 17.5 Å². The second kappa shape index (κ2) is 11.0. The number of aromatic amines is 1. The molecule has 3 aromatic heterocycles. The molecule has 10 heteroatoms. The molecule has 0 bridgehead atoms. The summed E-state index contributed by atoms with van der Waals surface area (Å²) in [5.74, 6) is 0.324. The highest BCUT2D eigenvalue weighted by Crippen LogP contribution is 2.28. The summed E-state index contributed by atoms with van der Waals surface area (Å²) >= 11 is 1.22. The van der Waals surface area contributed by atoms with E-state index < -0.39 is 0 Å². The first-order chi connectivity index (χ1) is 16.5. The number of thiazole rings is 1. The molecule has 1 aliphatic heterocycles. The van der Waals surface area contributed by atoms with Crippen LogP contribution >= 0.6 is 11.3 Å². The number of aryl methyl sites for hydroxylation is 1. The van der Waals surface area contributed by atoms with Gasteiger partial charge in [0.15, 0.2) is 5.13 Å². The van der Waals surface area contributed by atoms with Crippen LogP contribution in [0.3, 0.4) is 0 Å². The highest BCUT2D eigenvalue weighted by atomic mass is 32.1. The molecule has 1 saturated heterocycles. The van der Waals surface area contributed by atoms with Crippen molar-refractivity contribution in [3.63, 3.8) is 0 Å². The van der Waals surface area contributed by atoms with Crippen LogP contribution in [-0.2, 0) is 11.2 Å². The largest absolute Gasteiger partial charge is 0.320 e. The van der Waals surface area contributed by atoms with Gasteiger partial charge in [0.1, 0.15) is 17.0 Å². The van der Waals surface area contributed by atoms with Crippen molar-refractivity contribution in [1.29, 1.82) is 0 Å². The lowest BCUT2D eigenvalue weighted by molar-refractivity contribution is -0.107. The van der Waals surface area contributed by atoms with Crippen LogP contribution in [0.4, 0.5) is 16.6 Å². The standard InChI is InChI=1S/C19H16N6O2S.C5H11N/c1-11-5-6-14-13(9-21-25-14)17(11)24-18(27)15-10-20-19(28-15)23-16-4-2-3-12(22-16)7-8-26;1-6-4-2-3-5-6/h2-6,8-10H,7H2,1H3,(H,21,25)(H,24,27)(H,20,22,23);2-5H2,1H3. The SMILES string of the molecule is CN1CCCC1.Cc1ccc2[nH]ncc2c1NC(=O)c1cnc(Nc2cccc(CC=O)n2)s1. The molecule has 1 fully saturated rings. The molecule has 176 valence electrons. The fraction of sp³-hybridized carbons (Fsp3) is 0.292. The number of amides is 1. The summed E-state index contributed by atoms with van der Waals surface area (Å²) in [5.41, 5.74) is 3.19. The molecule has 1 aromatic carbocycles. The summed E-state index contributed by atoms with van der Waals surface area (Å²) < 4.78 is 0. The molecule has 3 N–H and O–H groups in total. The number of H-pyrrole nitrogens is 1. The highest BCUT2D eigenvalue weighted by Gasteiger charge is 2.15. The Kier molecular flexibility index (Phi) is 7.61. The number of hydrogen-bond donors (Lipinski definition) is 3. The van der Waals surface area contributed by atoms with Gasteiger partial charge in [-0.2, -0.15) is 5.10 Å². The lowest BCUT2D eigenvalue weighted by Crippen LogP contribution is -2.11. The van der Waals surface area contributed by atoms with Crippen molar-refractivity contribution in [2.45, 2.75) is 26.2 Å². The van der Waals surface area contributed by atoms with Crippen LogP contribution in [0.15, 0.2) is 42.7 Å². The van der Waals surface area contributed by atoms with Crippen molar-refractivity contribution < 1.29 is 9.59 Å². The zero-order valence-electron chi connectivity index (χ0n) is 19.2. The lowest BCUT2D eigenvalue weighted by atomic mass is 10.1. The van der Waals surface area contributed by atoms with Crippen molar-refractivity contribution >= 4 is 51.1 Å². The molecule has 9 nitrogen and oxygen atoms in total. The minimum absolute atomic E-state index is 0.245. The van der Waals surface area contributed by atoms with E-state index in [-0.39, 0.29) is 12.3 Å². The zero-order valence-corrected chi connectivity index (χ0v) is 20.0. The third kappa shape index (κ3) is 5.83. The number of nitrogens with zero attached hydrogens (tertiary/aromatic N) is 4. The number of aldehydes is 1. The summed E-state index contributed by atoms with van der Waals surface area (Å²) in [6.07, 6.45) is 7.09. The van der Waals surface area contributed by atoms with Gasteiger partial charge in [0.05, 0.1) is 23.6 Å². The number of pyridine rings is 1. The number of rotatable bonds is 6. The van der Waals surface area contributed by atoms with Crippen LogP contribution in [0.25, 0.3) is 10.9 Å². The van der Waals surface area contributed by atoms with E-state index in [4.69, 9.17) is 0 Å². The van der Waals surface area contributed by atoms with Gasteiger partial charge in [0.2, 0.25) is 0 Å². The van der Waals surface area contributed by atoms with Crippen molar-refractivity contribution in [2.24, 2.45) is 0 Å². The summed E-state index contributed by atoms with van der Waals surface area (Å²) in [6.45, 7) is 4.57. The van der Waals surface area contributed by atoms with E-state index in [2.05, 4.69) is 42.7 Å². The van der Waals surface area contributed by atoms with Crippen LogP contribution in [0, 0.1) is 6.92 Å². The second-order valence-corrected chi connectivity index (χ2v) is 9.12. The molecule has 0 spiro atoms. The Morgan fingerprint density at radius 1 is 1.21 bits per heavy atom. The Morgan fingerprint density at radius 3 is 2.76 bits per heavy atom. The average molecular weight is 478 g/mol. The number of aromatic nitrogens is 4. The van der Waals surface area contributed by atoms with Gasteiger partial charge >= 0.3 is 0 Å². The maximum Gasteiger partial charge on any atom is 0.267 e. The molecule has 4 aromatic rings. The molecule has 0 atom stereocenters. The van der Waals surface area contributed by atoms with E-state index in [9.17, 15) is 9.59 Å². The van der Waals surface area contributed by atoms with Crippen molar-refractivity contribution in [1.82, 2.24) is 25.1 Å². The minimum atomic E-state index is -0.245. The number of likely N-dealkylation sites (tertiary alicyclic amines) is 1. The average Bonchev–Trinajstić information content (AvgIpc) is 3.59. The minimum Gasteiger partial charge on any atom is -0.320 e. The lowest BCUT2D eigenvalue weighted by Gasteiger charge is -2.08. The molecule has 34 heavy (non-hydrogen) atoms. The van der Waals surface area contributed by atoms with Gasteiger partial charge in [-0.15, -0.1) is 0 Å². The Bertz CT molecular complexity index is 1280. The van der Waals surface area contributed by atoms with E-state index in [0.29, 0.717) is 21.5 Å². The van der Waals surface area contributed by atoms with Crippen LogP contribution < -0.4 is 10.6 Å². The quantitative estimate of drug-likeness (QED) is 0.357. The molecule has 0 aliphatic carbocycles. The molecule has 1 amide bonds. The number of anilines is 3. The zero-order chi connectivity index (χ0) is 23.9. The van der Waals surface area contributed by atoms with E-state index in [1.807, 2.05) is 25.1 Å². The third-order valence-electron chi connectivity index (χ3n) is 5.46. The van der Waals surface area contributed by atoms with Crippen LogP contribution in [0.1, 0.15) is 33.8 Å². The molecule has 0 radical (unpaired) electrons. The summed E-state index contributed by atoms with van der Waals surface area (Å²) in [7, 11) is 2.17. The Hall–Kier alpha value is -3.63. The van der Waals surface area contributed by atoms with Gasteiger partial charge in [-0.1, -0.05) is 23.5 Å². The normalized spacial score (nSPS) is 13.4. The van der Waals surface area contributed by atoms with Gasteiger partial charge in [-0.3, -0.25) is 9.89 Å². The highest BCUT2D eigenvalue weighted by molar-refractivity contribution is 7.17. The third-order valence-corrected chi connectivity index (χ3v) is 6.38. The fourth-order valence-electron chi connectivity index (χ4n) is 3.64. The number of fused-ring (bicyclic) bond motifs is 1. The first kappa shape index (κ1) is 23.5. The van der Waals surface area contributed by atoms with E-state index >= 15 is 0 Å². The van der Waals surface area contributed by atoms with Crippen LogP contribution in [-0.4, -0.2) is 57.4 Å².